The maximum Gasteiger partial charge on any atom is 0.191 e. The summed E-state index contributed by atoms with van der Waals surface area (Å²) in [6.45, 7) is 13.5. The summed E-state index contributed by atoms with van der Waals surface area (Å²) >= 11 is 0. The summed E-state index contributed by atoms with van der Waals surface area (Å²) in [5.41, 5.74) is 2.74. The molecule has 8 heteroatoms. The highest BCUT2D eigenvalue weighted by Crippen LogP contribution is 2.17. The third-order valence-electron chi connectivity index (χ3n) is 5.49. The van der Waals surface area contributed by atoms with Gasteiger partial charge < -0.3 is 10.6 Å². The molecule has 1 saturated heterocycles. The smallest absolute Gasteiger partial charge is 0.191 e. The monoisotopic (exact) mass is 550 g/mol. The van der Waals surface area contributed by atoms with E-state index in [2.05, 4.69) is 51.7 Å². The zero-order valence-electron chi connectivity index (χ0n) is 19.1. The van der Waals surface area contributed by atoms with E-state index in [0.717, 1.165) is 39.0 Å². The topological polar surface area (TPSA) is 73.8 Å². The Kier molecular flexibility index (Phi) is 11.1. The molecule has 2 rings (SSSR count). The minimum Gasteiger partial charge on any atom is -0.357 e. The van der Waals surface area contributed by atoms with E-state index in [1.165, 1.54) is 11.1 Å². The van der Waals surface area contributed by atoms with Crippen molar-refractivity contribution < 1.29 is 8.42 Å². The zero-order valence-corrected chi connectivity index (χ0v) is 22.2. The van der Waals surface area contributed by atoms with Crippen LogP contribution in [0.5, 0.6) is 0 Å². The number of nitrogens with zero attached hydrogens (tertiary/aromatic N) is 2. The molecule has 1 heterocycles. The van der Waals surface area contributed by atoms with Gasteiger partial charge >= 0.3 is 0 Å². The molecule has 6 nitrogen and oxygen atoms in total. The molecular weight excluding hydrogens is 511 g/mol. The Morgan fingerprint density at radius 1 is 1.20 bits per heavy atom. The van der Waals surface area contributed by atoms with Gasteiger partial charge in [0.15, 0.2) is 15.8 Å². The Morgan fingerprint density at radius 3 is 2.40 bits per heavy atom. The van der Waals surface area contributed by atoms with Crippen LogP contribution >= 0.6 is 24.0 Å². The number of guanidine groups is 1. The van der Waals surface area contributed by atoms with Gasteiger partial charge in [0.2, 0.25) is 0 Å². The minimum atomic E-state index is -3.15. The maximum absolute atomic E-state index is 12.3. The van der Waals surface area contributed by atoms with Crippen LogP contribution in [0.2, 0.25) is 0 Å². The summed E-state index contributed by atoms with van der Waals surface area (Å²) in [6, 6.07) is 8.93. The highest BCUT2D eigenvalue weighted by molar-refractivity contribution is 14.0. The largest absolute Gasteiger partial charge is 0.357 e. The van der Waals surface area contributed by atoms with Crippen molar-refractivity contribution in [2.24, 2.45) is 4.99 Å². The Morgan fingerprint density at radius 2 is 1.83 bits per heavy atom. The number of likely N-dealkylation sites (tertiary alicyclic amines) is 1. The first-order valence-corrected chi connectivity index (χ1v) is 12.3. The average Bonchev–Trinajstić information content (AvgIpc) is 2.64. The molecule has 30 heavy (non-hydrogen) atoms. The first kappa shape index (κ1) is 27.2. The number of aryl methyl sites for hydroxylation is 1. The fourth-order valence-corrected chi connectivity index (χ4v) is 4.31. The lowest BCUT2D eigenvalue weighted by molar-refractivity contribution is 0.198. The molecule has 0 aliphatic carbocycles. The van der Waals surface area contributed by atoms with Gasteiger partial charge in [0.25, 0.3) is 0 Å². The summed E-state index contributed by atoms with van der Waals surface area (Å²) in [4.78, 5) is 7.01. The normalized spacial score (nSPS) is 16.8. The van der Waals surface area contributed by atoms with Crippen LogP contribution in [-0.2, 0) is 16.4 Å². The SMILES string of the molecule is CCNC(=NCCS(=O)(=O)C(C)(C)C)NC1CCN(Cc2ccccc2C)CC1.I. The van der Waals surface area contributed by atoms with Crippen LogP contribution in [0.1, 0.15) is 51.7 Å². The lowest BCUT2D eigenvalue weighted by Gasteiger charge is -2.33. The molecule has 172 valence electrons. The molecule has 1 aromatic rings. The van der Waals surface area contributed by atoms with E-state index in [1.54, 1.807) is 20.8 Å². The molecule has 0 unspecified atom stereocenters. The van der Waals surface area contributed by atoms with E-state index in [1.807, 2.05) is 6.92 Å². The van der Waals surface area contributed by atoms with Crippen molar-refractivity contribution in [3.8, 4) is 0 Å². The van der Waals surface area contributed by atoms with Gasteiger partial charge in [0.05, 0.1) is 17.0 Å². The number of rotatable bonds is 7. The third kappa shape index (κ3) is 8.34. The van der Waals surface area contributed by atoms with E-state index in [-0.39, 0.29) is 36.3 Å². The molecule has 0 atom stereocenters. The highest BCUT2D eigenvalue weighted by atomic mass is 127. The number of hydrogen-bond donors (Lipinski definition) is 2. The summed E-state index contributed by atoms with van der Waals surface area (Å²) in [7, 11) is -3.15. The first-order chi connectivity index (χ1) is 13.6. The van der Waals surface area contributed by atoms with E-state index < -0.39 is 14.6 Å². The lowest BCUT2D eigenvalue weighted by atomic mass is 10.0. The van der Waals surface area contributed by atoms with Crippen molar-refractivity contribution in [3.63, 3.8) is 0 Å². The molecule has 0 aromatic heterocycles. The molecule has 0 bridgehead atoms. The Bertz CT molecular complexity index is 783. The van der Waals surface area contributed by atoms with E-state index in [9.17, 15) is 8.42 Å². The number of hydrogen-bond acceptors (Lipinski definition) is 4. The van der Waals surface area contributed by atoms with Gasteiger partial charge in [-0.05, 0) is 58.6 Å². The summed E-state index contributed by atoms with van der Waals surface area (Å²) in [6.07, 6.45) is 2.10. The fraction of sp³-hybridized carbons (Fsp3) is 0.682. The lowest BCUT2D eigenvalue weighted by Crippen LogP contribution is -2.48. The Labute approximate surface area is 200 Å². The summed E-state index contributed by atoms with van der Waals surface area (Å²) in [5, 5.41) is 6.74. The molecule has 1 aromatic carbocycles. The van der Waals surface area contributed by atoms with Crippen LogP contribution in [0.4, 0.5) is 0 Å². The summed E-state index contributed by atoms with van der Waals surface area (Å²) in [5.74, 6) is 0.788. The fourth-order valence-electron chi connectivity index (χ4n) is 3.36. The minimum absolute atomic E-state index is 0. The van der Waals surface area contributed by atoms with Crippen LogP contribution in [0.15, 0.2) is 29.3 Å². The number of benzene rings is 1. The molecule has 0 spiro atoms. The van der Waals surface area contributed by atoms with Gasteiger partial charge in [0.1, 0.15) is 0 Å². The number of piperidine rings is 1. The number of sulfone groups is 1. The Balaban J connectivity index is 0.00000450. The van der Waals surface area contributed by atoms with Crippen molar-refractivity contribution in [3.05, 3.63) is 35.4 Å². The highest BCUT2D eigenvalue weighted by Gasteiger charge is 2.28. The second kappa shape index (κ2) is 12.2. The van der Waals surface area contributed by atoms with E-state index in [4.69, 9.17) is 0 Å². The van der Waals surface area contributed by atoms with Gasteiger partial charge in [0, 0.05) is 32.2 Å². The maximum atomic E-state index is 12.3. The van der Waals surface area contributed by atoms with Crippen LogP contribution in [0.25, 0.3) is 0 Å². The van der Waals surface area contributed by atoms with Gasteiger partial charge in [-0.3, -0.25) is 9.89 Å². The molecule has 1 aliphatic rings. The quantitative estimate of drug-likeness (QED) is 0.310. The molecule has 0 amide bonds. The molecule has 0 saturated carbocycles. The third-order valence-corrected chi connectivity index (χ3v) is 8.08. The van der Waals surface area contributed by atoms with Crippen LogP contribution < -0.4 is 10.6 Å². The van der Waals surface area contributed by atoms with Crippen molar-refractivity contribution in [1.82, 2.24) is 15.5 Å². The second-order valence-electron chi connectivity index (χ2n) is 8.81. The number of aliphatic imine (C=N–C) groups is 1. The summed E-state index contributed by atoms with van der Waals surface area (Å²) < 4.78 is 23.8. The van der Waals surface area contributed by atoms with Gasteiger partial charge in [-0.15, -0.1) is 24.0 Å². The molecule has 1 aliphatic heterocycles. The Hall–Kier alpha value is -0.870. The molecule has 0 radical (unpaired) electrons. The van der Waals surface area contributed by atoms with Crippen LogP contribution in [0, 0.1) is 6.92 Å². The van der Waals surface area contributed by atoms with Gasteiger partial charge in [-0.1, -0.05) is 24.3 Å². The van der Waals surface area contributed by atoms with Crippen molar-refractivity contribution in [1.29, 1.82) is 0 Å². The zero-order chi connectivity index (χ0) is 21.5. The predicted octanol–water partition coefficient (Wildman–Crippen LogP) is 3.35. The standard InChI is InChI=1S/C22H38N4O2S.HI/c1-6-23-21(24-13-16-29(27,28)22(3,4)5)25-20-11-14-26(15-12-20)17-19-10-8-7-9-18(19)2;/h7-10,20H,6,11-17H2,1-5H3,(H2,23,24,25);1H. The van der Waals surface area contributed by atoms with Gasteiger partial charge in [-0.25, -0.2) is 8.42 Å². The molecule has 2 N–H and O–H groups in total. The van der Waals surface area contributed by atoms with E-state index in [0.29, 0.717) is 12.0 Å². The second-order valence-corrected chi connectivity index (χ2v) is 11.7. The van der Waals surface area contributed by atoms with Crippen molar-refractivity contribution in [2.75, 3.05) is 31.9 Å². The predicted molar refractivity (Wildman–Crippen MR) is 138 cm³/mol. The first-order valence-electron chi connectivity index (χ1n) is 10.7. The number of nitrogens with one attached hydrogen (secondary N) is 2. The van der Waals surface area contributed by atoms with Crippen molar-refractivity contribution in [2.45, 2.75) is 64.8 Å². The van der Waals surface area contributed by atoms with Gasteiger partial charge in [-0.2, -0.15) is 0 Å². The van der Waals surface area contributed by atoms with E-state index >= 15 is 0 Å². The van der Waals surface area contributed by atoms with Crippen LogP contribution in [0.3, 0.4) is 0 Å². The average molecular weight is 551 g/mol. The molecule has 1 fully saturated rings. The molecular formula is C22H39IN4O2S. The van der Waals surface area contributed by atoms with Crippen molar-refractivity contribution >= 4 is 39.8 Å². The number of halogens is 1. The van der Waals surface area contributed by atoms with Crippen LogP contribution in [-0.4, -0.2) is 62.0 Å².